The minimum atomic E-state index is -1.01. The number of nitro groups is 1. The normalized spacial score (nSPS) is 15.6. The molecule has 1 aliphatic heterocycles. The van der Waals surface area contributed by atoms with Gasteiger partial charge in [-0.2, -0.15) is 0 Å². The van der Waals surface area contributed by atoms with E-state index in [2.05, 4.69) is 5.32 Å². The highest BCUT2D eigenvalue weighted by atomic mass is 16.6. The van der Waals surface area contributed by atoms with Gasteiger partial charge in [-0.1, -0.05) is 6.07 Å². The SMILES string of the molecule is O=C(O)c1ccc2c(c1)CN(C(=O)c1ccc(NC3CC3)c([N+](=O)[O-])c1)CC2. The Hall–Kier alpha value is -3.42. The van der Waals surface area contributed by atoms with Gasteiger partial charge < -0.3 is 15.3 Å². The summed E-state index contributed by atoms with van der Waals surface area (Å²) >= 11 is 0. The summed E-state index contributed by atoms with van der Waals surface area (Å²) in [4.78, 5) is 36.6. The molecule has 1 amide bonds. The number of benzene rings is 2. The van der Waals surface area contributed by atoms with E-state index in [9.17, 15) is 19.7 Å². The van der Waals surface area contributed by atoms with Gasteiger partial charge in [0.25, 0.3) is 11.6 Å². The summed E-state index contributed by atoms with van der Waals surface area (Å²) in [7, 11) is 0. The number of anilines is 1. The van der Waals surface area contributed by atoms with Gasteiger partial charge in [-0.25, -0.2) is 4.79 Å². The van der Waals surface area contributed by atoms with Crippen LogP contribution >= 0.6 is 0 Å². The highest BCUT2D eigenvalue weighted by Crippen LogP contribution is 2.32. The van der Waals surface area contributed by atoms with E-state index in [-0.39, 0.29) is 35.3 Å². The molecule has 1 heterocycles. The van der Waals surface area contributed by atoms with Gasteiger partial charge in [-0.05, 0) is 54.7 Å². The molecule has 1 aliphatic carbocycles. The standard InChI is InChI=1S/C20H19N3O5/c24-19(13-3-6-17(21-16-4-5-16)18(10-13)23(27)28)22-8-7-12-1-2-14(20(25)26)9-15(12)11-22/h1-3,6,9-10,16,21H,4-5,7-8,11H2,(H,25,26). The molecule has 0 radical (unpaired) electrons. The molecule has 0 spiro atoms. The summed E-state index contributed by atoms with van der Waals surface area (Å²) in [5, 5.41) is 23.7. The van der Waals surface area contributed by atoms with E-state index in [1.165, 1.54) is 6.07 Å². The van der Waals surface area contributed by atoms with Crippen molar-refractivity contribution in [1.29, 1.82) is 0 Å². The maximum Gasteiger partial charge on any atom is 0.335 e. The number of carbonyl (C=O) groups is 2. The van der Waals surface area contributed by atoms with Gasteiger partial charge in [0, 0.05) is 30.8 Å². The topological polar surface area (TPSA) is 113 Å². The Labute approximate surface area is 160 Å². The molecule has 0 aromatic heterocycles. The van der Waals surface area contributed by atoms with Crippen LogP contribution in [0.5, 0.6) is 0 Å². The number of carboxylic acids is 1. The Morgan fingerprint density at radius 2 is 1.86 bits per heavy atom. The van der Waals surface area contributed by atoms with Crippen molar-refractivity contribution in [1.82, 2.24) is 4.90 Å². The van der Waals surface area contributed by atoms with Crippen LogP contribution in [0, 0.1) is 10.1 Å². The first-order chi connectivity index (χ1) is 13.4. The summed E-state index contributed by atoms with van der Waals surface area (Å²) in [6.07, 6.45) is 2.59. The van der Waals surface area contributed by atoms with Crippen LogP contribution in [-0.4, -0.2) is 39.4 Å². The second-order valence-corrected chi connectivity index (χ2v) is 7.17. The van der Waals surface area contributed by atoms with Gasteiger partial charge in [-0.15, -0.1) is 0 Å². The number of aromatic carboxylic acids is 1. The van der Waals surface area contributed by atoms with Crippen molar-refractivity contribution in [3.8, 4) is 0 Å². The number of carbonyl (C=O) groups excluding carboxylic acids is 1. The first-order valence-electron chi connectivity index (χ1n) is 9.12. The minimum absolute atomic E-state index is 0.108. The first-order valence-corrected chi connectivity index (χ1v) is 9.12. The average Bonchev–Trinajstić information content (AvgIpc) is 3.50. The zero-order valence-electron chi connectivity index (χ0n) is 15.1. The van der Waals surface area contributed by atoms with Crippen molar-refractivity contribution < 1.29 is 19.6 Å². The molecule has 0 saturated heterocycles. The number of nitro benzene ring substituents is 1. The van der Waals surface area contributed by atoms with Crippen molar-refractivity contribution in [2.45, 2.75) is 31.8 Å². The number of nitrogens with one attached hydrogen (secondary N) is 1. The van der Waals surface area contributed by atoms with Gasteiger partial charge in [0.1, 0.15) is 5.69 Å². The lowest BCUT2D eigenvalue weighted by Crippen LogP contribution is -2.36. The van der Waals surface area contributed by atoms with Crippen molar-refractivity contribution >= 4 is 23.3 Å². The molecule has 2 aromatic rings. The van der Waals surface area contributed by atoms with E-state index in [1.54, 1.807) is 35.2 Å². The lowest BCUT2D eigenvalue weighted by Gasteiger charge is -2.29. The second-order valence-electron chi connectivity index (χ2n) is 7.17. The largest absolute Gasteiger partial charge is 0.478 e. The van der Waals surface area contributed by atoms with E-state index in [0.717, 1.165) is 24.0 Å². The van der Waals surface area contributed by atoms with Crippen LogP contribution in [0.15, 0.2) is 36.4 Å². The summed E-state index contributed by atoms with van der Waals surface area (Å²) in [6.45, 7) is 0.763. The van der Waals surface area contributed by atoms with E-state index >= 15 is 0 Å². The van der Waals surface area contributed by atoms with Crippen LogP contribution in [0.3, 0.4) is 0 Å². The van der Waals surface area contributed by atoms with Crippen LogP contribution in [0.2, 0.25) is 0 Å². The van der Waals surface area contributed by atoms with Gasteiger partial charge >= 0.3 is 5.97 Å². The van der Waals surface area contributed by atoms with Gasteiger partial charge in [0.05, 0.1) is 10.5 Å². The van der Waals surface area contributed by atoms with Crippen molar-refractivity contribution in [2.75, 3.05) is 11.9 Å². The lowest BCUT2D eigenvalue weighted by molar-refractivity contribution is -0.384. The first kappa shape index (κ1) is 18.0. The van der Waals surface area contributed by atoms with Gasteiger partial charge in [0.2, 0.25) is 0 Å². The number of fused-ring (bicyclic) bond motifs is 1. The lowest BCUT2D eigenvalue weighted by atomic mass is 9.96. The Morgan fingerprint density at radius 1 is 1.11 bits per heavy atom. The fourth-order valence-electron chi connectivity index (χ4n) is 3.43. The second kappa shape index (κ2) is 6.95. The number of rotatable bonds is 5. The Morgan fingerprint density at radius 3 is 2.54 bits per heavy atom. The van der Waals surface area contributed by atoms with Crippen LogP contribution in [-0.2, 0) is 13.0 Å². The molecule has 2 N–H and O–H groups in total. The molecule has 0 unspecified atom stereocenters. The van der Waals surface area contributed by atoms with E-state index in [4.69, 9.17) is 5.11 Å². The van der Waals surface area contributed by atoms with Gasteiger partial charge in [-0.3, -0.25) is 14.9 Å². The predicted molar refractivity (Wildman–Crippen MR) is 102 cm³/mol. The molecule has 144 valence electrons. The Bertz CT molecular complexity index is 984. The van der Waals surface area contributed by atoms with Crippen molar-refractivity contribution in [2.24, 2.45) is 0 Å². The predicted octanol–water partition coefficient (Wildman–Crippen LogP) is 3.07. The minimum Gasteiger partial charge on any atom is -0.478 e. The fraction of sp³-hybridized carbons (Fsp3) is 0.300. The molecule has 1 saturated carbocycles. The van der Waals surface area contributed by atoms with Crippen LogP contribution in [0.4, 0.5) is 11.4 Å². The molecule has 2 aliphatic rings. The molecule has 8 nitrogen and oxygen atoms in total. The van der Waals surface area contributed by atoms with Crippen LogP contribution in [0.1, 0.15) is 44.7 Å². The molecule has 28 heavy (non-hydrogen) atoms. The monoisotopic (exact) mass is 381 g/mol. The highest BCUT2D eigenvalue weighted by molar-refractivity contribution is 5.96. The smallest absolute Gasteiger partial charge is 0.335 e. The number of hydrogen-bond acceptors (Lipinski definition) is 5. The summed E-state index contributed by atoms with van der Waals surface area (Å²) in [5.41, 5.74) is 2.57. The number of carboxylic acid groups (broad SMARTS) is 1. The highest BCUT2D eigenvalue weighted by Gasteiger charge is 2.27. The van der Waals surface area contributed by atoms with E-state index in [0.29, 0.717) is 18.7 Å². The molecule has 0 atom stereocenters. The third-order valence-electron chi connectivity index (χ3n) is 5.13. The van der Waals surface area contributed by atoms with Crippen LogP contribution < -0.4 is 5.32 Å². The average molecular weight is 381 g/mol. The van der Waals surface area contributed by atoms with Crippen LogP contribution in [0.25, 0.3) is 0 Å². The Kier molecular flexibility index (Phi) is 4.46. The summed E-state index contributed by atoms with van der Waals surface area (Å²) < 4.78 is 0. The van der Waals surface area contributed by atoms with Gasteiger partial charge in [0.15, 0.2) is 0 Å². The number of nitrogens with zero attached hydrogens (tertiary/aromatic N) is 2. The summed E-state index contributed by atoms with van der Waals surface area (Å²) in [5.74, 6) is -1.31. The fourth-order valence-corrected chi connectivity index (χ4v) is 3.43. The Balaban J connectivity index is 1.57. The zero-order valence-corrected chi connectivity index (χ0v) is 15.1. The van der Waals surface area contributed by atoms with E-state index in [1.807, 2.05) is 0 Å². The molecule has 1 fully saturated rings. The maximum absolute atomic E-state index is 12.9. The van der Waals surface area contributed by atoms with Crippen molar-refractivity contribution in [3.05, 3.63) is 68.8 Å². The molecular weight excluding hydrogens is 362 g/mol. The molecule has 2 aromatic carbocycles. The molecule has 8 heteroatoms. The number of amides is 1. The third-order valence-corrected chi connectivity index (χ3v) is 5.13. The quantitative estimate of drug-likeness (QED) is 0.608. The summed E-state index contributed by atoms with van der Waals surface area (Å²) in [6, 6.07) is 9.70. The van der Waals surface area contributed by atoms with Crippen molar-refractivity contribution in [3.63, 3.8) is 0 Å². The molecular formula is C20H19N3O5. The third kappa shape index (κ3) is 3.53. The molecule has 4 rings (SSSR count). The maximum atomic E-state index is 12.9. The number of hydrogen-bond donors (Lipinski definition) is 2. The zero-order chi connectivity index (χ0) is 19.8. The van der Waals surface area contributed by atoms with E-state index < -0.39 is 10.9 Å². The molecule has 0 bridgehead atoms.